The lowest BCUT2D eigenvalue weighted by Gasteiger charge is -2.04. The van der Waals surface area contributed by atoms with Gasteiger partial charge in [0.15, 0.2) is 0 Å². The van der Waals surface area contributed by atoms with Crippen LogP contribution in [-0.4, -0.2) is 0 Å². The van der Waals surface area contributed by atoms with E-state index >= 15 is 0 Å². The minimum atomic E-state index is -0.123. The fourth-order valence-electron chi connectivity index (χ4n) is 1.36. The molecule has 0 radical (unpaired) electrons. The number of rotatable bonds is 2. The second kappa shape index (κ2) is 4.84. The molecule has 0 aliphatic carbocycles. The van der Waals surface area contributed by atoms with E-state index in [4.69, 9.17) is 10.2 Å². The van der Waals surface area contributed by atoms with Crippen LogP contribution in [0.3, 0.4) is 0 Å². The number of thiophene rings is 1. The molecule has 82 valence electrons. The Balaban J connectivity index is 0.00000112. The van der Waals surface area contributed by atoms with Crippen LogP contribution < -0.4 is 5.73 Å². The number of aryl methyl sites for hydroxylation is 2. The Labute approximate surface area is 99.5 Å². The minimum absolute atomic E-state index is 0. The summed E-state index contributed by atoms with van der Waals surface area (Å²) in [6.45, 7) is 3.99. The molecular formula is C11H14ClNOS. The van der Waals surface area contributed by atoms with E-state index in [-0.39, 0.29) is 18.4 Å². The van der Waals surface area contributed by atoms with Crippen molar-refractivity contribution in [1.29, 1.82) is 0 Å². The van der Waals surface area contributed by atoms with Gasteiger partial charge in [-0.1, -0.05) is 6.07 Å². The highest BCUT2D eigenvalue weighted by Gasteiger charge is 2.14. The van der Waals surface area contributed by atoms with Gasteiger partial charge >= 0.3 is 0 Å². The van der Waals surface area contributed by atoms with Gasteiger partial charge in [-0.15, -0.1) is 23.7 Å². The summed E-state index contributed by atoms with van der Waals surface area (Å²) in [7, 11) is 0. The molecule has 4 heteroatoms. The van der Waals surface area contributed by atoms with E-state index in [1.165, 1.54) is 0 Å². The van der Waals surface area contributed by atoms with Gasteiger partial charge in [-0.05, 0) is 36.9 Å². The average molecular weight is 244 g/mol. The molecule has 0 saturated heterocycles. The van der Waals surface area contributed by atoms with Crippen LogP contribution >= 0.6 is 23.7 Å². The Kier molecular flexibility index (Phi) is 3.97. The molecule has 15 heavy (non-hydrogen) atoms. The summed E-state index contributed by atoms with van der Waals surface area (Å²) in [6.07, 6.45) is 0. The molecule has 2 aromatic rings. The highest BCUT2D eigenvalue weighted by Crippen LogP contribution is 2.26. The van der Waals surface area contributed by atoms with Crippen molar-refractivity contribution < 1.29 is 4.42 Å². The van der Waals surface area contributed by atoms with Gasteiger partial charge in [-0.25, -0.2) is 0 Å². The summed E-state index contributed by atoms with van der Waals surface area (Å²) in [4.78, 5) is 1.14. The van der Waals surface area contributed by atoms with Crippen molar-refractivity contribution >= 4 is 23.7 Å². The van der Waals surface area contributed by atoms with Gasteiger partial charge in [-0.2, -0.15) is 0 Å². The van der Waals surface area contributed by atoms with Gasteiger partial charge in [0.05, 0.1) is 6.04 Å². The predicted molar refractivity (Wildman–Crippen MR) is 65.8 cm³/mol. The van der Waals surface area contributed by atoms with Crippen LogP contribution in [0.15, 0.2) is 28.0 Å². The number of furan rings is 1. The van der Waals surface area contributed by atoms with Crippen molar-refractivity contribution in [3.8, 4) is 0 Å². The summed E-state index contributed by atoms with van der Waals surface area (Å²) in [5.74, 6) is 1.80. The molecule has 0 amide bonds. The van der Waals surface area contributed by atoms with Crippen LogP contribution in [0.5, 0.6) is 0 Å². The zero-order chi connectivity index (χ0) is 10.1. The molecular weight excluding hydrogens is 230 g/mol. The average Bonchev–Trinajstić information content (AvgIpc) is 2.76. The fourth-order valence-corrected chi connectivity index (χ4v) is 2.10. The van der Waals surface area contributed by atoms with E-state index in [1.54, 1.807) is 11.3 Å². The monoisotopic (exact) mass is 243 g/mol. The molecule has 0 saturated carbocycles. The molecule has 0 spiro atoms. The number of hydrogen-bond donors (Lipinski definition) is 1. The quantitative estimate of drug-likeness (QED) is 0.878. The molecule has 0 aromatic carbocycles. The molecule has 2 heterocycles. The highest BCUT2D eigenvalue weighted by atomic mass is 35.5. The number of nitrogens with two attached hydrogens (primary N) is 1. The summed E-state index contributed by atoms with van der Waals surface area (Å²) in [5, 5.41) is 2.03. The van der Waals surface area contributed by atoms with Gasteiger partial charge in [-0.3, -0.25) is 0 Å². The third kappa shape index (κ3) is 2.43. The lowest BCUT2D eigenvalue weighted by Crippen LogP contribution is -2.08. The van der Waals surface area contributed by atoms with E-state index in [2.05, 4.69) is 0 Å². The van der Waals surface area contributed by atoms with Crippen molar-refractivity contribution in [3.05, 3.63) is 45.5 Å². The summed E-state index contributed by atoms with van der Waals surface area (Å²) in [5.41, 5.74) is 7.22. The van der Waals surface area contributed by atoms with Crippen LogP contribution in [0, 0.1) is 13.8 Å². The van der Waals surface area contributed by atoms with Crippen LogP contribution in [-0.2, 0) is 0 Å². The Morgan fingerprint density at radius 2 is 2.13 bits per heavy atom. The van der Waals surface area contributed by atoms with Crippen molar-refractivity contribution in [3.63, 3.8) is 0 Å². The Bertz CT molecular complexity index is 402. The van der Waals surface area contributed by atoms with Gasteiger partial charge in [0.1, 0.15) is 11.5 Å². The first kappa shape index (κ1) is 12.3. The normalized spacial score (nSPS) is 12.2. The Morgan fingerprint density at radius 1 is 1.40 bits per heavy atom. The standard InChI is InChI=1S/C11H13NOS.ClH/c1-7-6-9(13-8(7)2)11(12)10-4-3-5-14-10;/h3-6,11H,12H2,1-2H3;1H/t11-;/m0./s1. The molecule has 1 atom stereocenters. The molecule has 2 aromatic heterocycles. The van der Waals surface area contributed by atoms with E-state index in [0.717, 1.165) is 22.0 Å². The van der Waals surface area contributed by atoms with Gasteiger partial charge in [0, 0.05) is 4.88 Å². The molecule has 0 aliphatic rings. The van der Waals surface area contributed by atoms with Crippen LogP contribution in [0.2, 0.25) is 0 Å². The van der Waals surface area contributed by atoms with Crippen molar-refractivity contribution in [2.24, 2.45) is 5.73 Å². The van der Waals surface area contributed by atoms with Gasteiger partial charge < -0.3 is 10.2 Å². The summed E-state index contributed by atoms with van der Waals surface area (Å²) >= 11 is 1.66. The highest BCUT2D eigenvalue weighted by molar-refractivity contribution is 7.10. The van der Waals surface area contributed by atoms with Crippen LogP contribution in [0.1, 0.15) is 28.0 Å². The molecule has 2 N–H and O–H groups in total. The smallest absolute Gasteiger partial charge is 0.126 e. The van der Waals surface area contributed by atoms with Crippen molar-refractivity contribution in [1.82, 2.24) is 0 Å². The largest absolute Gasteiger partial charge is 0.464 e. The summed E-state index contributed by atoms with van der Waals surface area (Å²) in [6, 6.07) is 5.92. The Morgan fingerprint density at radius 3 is 2.60 bits per heavy atom. The van der Waals surface area contributed by atoms with Crippen LogP contribution in [0.4, 0.5) is 0 Å². The zero-order valence-electron chi connectivity index (χ0n) is 8.69. The maximum atomic E-state index is 6.06. The number of halogens is 1. The third-order valence-electron chi connectivity index (χ3n) is 2.34. The van der Waals surface area contributed by atoms with Crippen molar-refractivity contribution in [2.75, 3.05) is 0 Å². The van der Waals surface area contributed by atoms with E-state index in [0.29, 0.717) is 0 Å². The molecule has 0 bridgehead atoms. The molecule has 0 unspecified atom stereocenters. The fraction of sp³-hybridized carbons (Fsp3) is 0.273. The topological polar surface area (TPSA) is 39.2 Å². The van der Waals surface area contributed by atoms with E-state index < -0.39 is 0 Å². The first-order chi connectivity index (χ1) is 6.68. The van der Waals surface area contributed by atoms with Gasteiger partial charge in [0.25, 0.3) is 0 Å². The SMILES string of the molecule is Cc1cc([C@H](N)c2cccs2)oc1C.Cl. The molecule has 2 rings (SSSR count). The number of hydrogen-bond acceptors (Lipinski definition) is 3. The maximum absolute atomic E-state index is 6.06. The molecule has 0 fully saturated rings. The van der Waals surface area contributed by atoms with Gasteiger partial charge in [0.2, 0.25) is 0 Å². The second-order valence-corrected chi connectivity index (χ2v) is 4.36. The maximum Gasteiger partial charge on any atom is 0.126 e. The Hall–Kier alpha value is -0.770. The van der Waals surface area contributed by atoms with Crippen molar-refractivity contribution in [2.45, 2.75) is 19.9 Å². The first-order valence-electron chi connectivity index (χ1n) is 4.54. The second-order valence-electron chi connectivity index (χ2n) is 3.38. The molecule has 2 nitrogen and oxygen atoms in total. The third-order valence-corrected chi connectivity index (χ3v) is 3.30. The predicted octanol–water partition coefficient (Wildman–Crippen LogP) is 3.43. The molecule has 0 aliphatic heterocycles. The lowest BCUT2D eigenvalue weighted by atomic mass is 10.2. The lowest BCUT2D eigenvalue weighted by molar-refractivity contribution is 0.466. The minimum Gasteiger partial charge on any atom is -0.464 e. The zero-order valence-corrected chi connectivity index (χ0v) is 10.3. The van der Waals surface area contributed by atoms with E-state index in [9.17, 15) is 0 Å². The summed E-state index contributed by atoms with van der Waals surface area (Å²) < 4.78 is 5.58. The first-order valence-corrected chi connectivity index (χ1v) is 5.42. The van der Waals surface area contributed by atoms with Crippen LogP contribution in [0.25, 0.3) is 0 Å². The van der Waals surface area contributed by atoms with E-state index in [1.807, 2.05) is 37.4 Å².